The summed E-state index contributed by atoms with van der Waals surface area (Å²) in [5.41, 5.74) is 1.43. The molecule has 0 aromatic rings. The number of ether oxygens (including phenoxy) is 1. The number of hydrogen-bond donors (Lipinski definition) is 0. The van der Waals surface area contributed by atoms with Crippen molar-refractivity contribution in [1.82, 2.24) is 0 Å². The summed E-state index contributed by atoms with van der Waals surface area (Å²) in [5, 5.41) is 0. The van der Waals surface area contributed by atoms with Gasteiger partial charge in [-0.15, -0.1) is 0 Å². The maximum Gasteiger partial charge on any atom is 0.183 e. The Morgan fingerprint density at radius 2 is 1.50 bits per heavy atom. The SMILES string of the molecule is CC(C)=CCCC(C)CCOC(C)(C)CCCC(C)CCO[Si](C)(C)C. The van der Waals surface area contributed by atoms with Crippen molar-refractivity contribution in [2.45, 2.75) is 112 Å². The van der Waals surface area contributed by atoms with Crippen LogP contribution >= 0.6 is 0 Å². The van der Waals surface area contributed by atoms with E-state index in [4.69, 9.17) is 9.16 Å². The van der Waals surface area contributed by atoms with E-state index in [2.05, 4.69) is 67.3 Å². The maximum atomic E-state index is 6.20. The fraction of sp³-hybridized carbons (Fsp3) is 0.913. The van der Waals surface area contributed by atoms with E-state index in [1.165, 1.54) is 44.1 Å². The van der Waals surface area contributed by atoms with Gasteiger partial charge in [0, 0.05) is 13.2 Å². The summed E-state index contributed by atoms with van der Waals surface area (Å²) >= 11 is 0. The summed E-state index contributed by atoms with van der Waals surface area (Å²) in [6, 6.07) is 0. The monoisotopic (exact) mass is 384 g/mol. The van der Waals surface area contributed by atoms with Gasteiger partial charge in [-0.05, 0) is 91.3 Å². The molecule has 0 amide bonds. The quantitative estimate of drug-likeness (QED) is 0.214. The lowest BCUT2D eigenvalue weighted by molar-refractivity contribution is -0.0306. The van der Waals surface area contributed by atoms with E-state index in [1.54, 1.807) is 0 Å². The molecule has 0 aliphatic heterocycles. The molecule has 2 atom stereocenters. The van der Waals surface area contributed by atoms with Gasteiger partial charge in [0.05, 0.1) is 5.60 Å². The molecule has 0 N–H and O–H groups in total. The van der Waals surface area contributed by atoms with Gasteiger partial charge in [-0.1, -0.05) is 38.3 Å². The molecule has 26 heavy (non-hydrogen) atoms. The number of allylic oxidation sites excluding steroid dienone is 2. The van der Waals surface area contributed by atoms with Crippen molar-refractivity contribution in [2.24, 2.45) is 11.8 Å². The average molecular weight is 385 g/mol. The van der Waals surface area contributed by atoms with E-state index in [9.17, 15) is 0 Å². The second-order valence-electron chi connectivity index (χ2n) is 10.1. The molecule has 0 saturated carbocycles. The molecule has 0 aromatic carbocycles. The molecule has 2 nitrogen and oxygen atoms in total. The van der Waals surface area contributed by atoms with Gasteiger partial charge < -0.3 is 9.16 Å². The first-order chi connectivity index (χ1) is 11.9. The maximum absolute atomic E-state index is 6.20. The van der Waals surface area contributed by atoms with Crippen LogP contribution in [0.2, 0.25) is 19.6 Å². The third kappa shape index (κ3) is 17.3. The molecule has 0 rings (SSSR count). The minimum absolute atomic E-state index is 0.00811. The van der Waals surface area contributed by atoms with E-state index in [0.29, 0.717) is 0 Å². The van der Waals surface area contributed by atoms with Crippen LogP contribution in [0.15, 0.2) is 11.6 Å². The molecule has 0 aliphatic rings. The Bertz CT molecular complexity index is 378. The molecule has 0 aromatic heterocycles. The fourth-order valence-electron chi connectivity index (χ4n) is 3.00. The summed E-state index contributed by atoms with van der Waals surface area (Å²) in [5.74, 6) is 1.49. The van der Waals surface area contributed by atoms with Crippen LogP contribution in [0.25, 0.3) is 0 Å². The Balaban J connectivity index is 3.82. The predicted molar refractivity (Wildman–Crippen MR) is 119 cm³/mol. The smallest absolute Gasteiger partial charge is 0.183 e. The van der Waals surface area contributed by atoms with Gasteiger partial charge in [0.15, 0.2) is 8.32 Å². The van der Waals surface area contributed by atoms with Crippen molar-refractivity contribution in [3.05, 3.63) is 11.6 Å². The molecule has 2 unspecified atom stereocenters. The Morgan fingerprint density at radius 1 is 0.923 bits per heavy atom. The topological polar surface area (TPSA) is 18.5 Å². The average Bonchev–Trinajstić information content (AvgIpc) is 2.44. The Kier molecular flexibility index (Phi) is 13.1. The Hall–Kier alpha value is -0.123. The van der Waals surface area contributed by atoms with Crippen molar-refractivity contribution < 1.29 is 9.16 Å². The van der Waals surface area contributed by atoms with Gasteiger partial charge in [0.1, 0.15) is 0 Å². The molecule has 0 heterocycles. The normalized spacial score (nSPS) is 15.0. The third-order valence-electron chi connectivity index (χ3n) is 4.94. The molecular formula is C23H48O2Si. The van der Waals surface area contributed by atoms with Crippen LogP contribution in [0.1, 0.15) is 86.5 Å². The lowest BCUT2D eigenvalue weighted by Gasteiger charge is -2.27. The molecule has 0 spiro atoms. The highest BCUT2D eigenvalue weighted by atomic mass is 28.4. The molecule has 0 saturated heterocycles. The fourth-order valence-corrected chi connectivity index (χ4v) is 3.73. The second kappa shape index (κ2) is 13.1. The van der Waals surface area contributed by atoms with E-state index >= 15 is 0 Å². The van der Waals surface area contributed by atoms with Gasteiger partial charge in [0.2, 0.25) is 0 Å². The lowest BCUT2D eigenvalue weighted by atomic mass is 9.95. The molecule has 0 radical (unpaired) electrons. The standard InChI is InChI=1S/C23H48O2Si/c1-20(2)12-10-13-21(3)15-18-24-23(5,6)17-11-14-22(4)16-19-25-26(7,8)9/h12,21-22H,10-11,13-19H2,1-9H3. The van der Waals surface area contributed by atoms with Crippen molar-refractivity contribution >= 4 is 8.32 Å². The van der Waals surface area contributed by atoms with Crippen molar-refractivity contribution in [2.75, 3.05) is 13.2 Å². The molecule has 0 fully saturated rings. The highest BCUT2D eigenvalue weighted by molar-refractivity contribution is 6.69. The first-order valence-electron chi connectivity index (χ1n) is 10.8. The van der Waals surface area contributed by atoms with Gasteiger partial charge in [0.25, 0.3) is 0 Å². The zero-order chi connectivity index (χ0) is 20.2. The summed E-state index contributed by atoms with van der Waals surface area (Å²) < 4.78 is 12.2. The zero-order valence-electron chi connectivity index (χ0n) is 19.4. The van der Waals surface area contributed by atoms with Gasteiger partial charge in [-0.3, -0.25) is 0 Å². The van der Waals surface area contributed by atoms with Gasteiger partial charge >= 0.3 is 0 Å². The Morgan fingerprint density at radius 3 is 2.08 bits per heavy atom. The lowest BCUT2D eigenvalue weighted by Crippen LogP contribution is -2.27. The minimum atomic E-state index is -1.35. The van der Waals surface area contributed by atoms with Crippen LogP contribution in [0.4, 0.5) is 0 Å². The van der Waals surface area contributed by atoms with Gasteiger partial charge in [-0.2, -0.15) is 0 Å². The second-order valence-corrected chi connectivity index (χ2v) is 14.6. The van der Waals surface area contributed by atoms with Crippen LogP contribution in [0.5, 0.6) is 0 Å². The number of rotatable bonds is 15. The number of hydrogen-bond acceptors (Lipinski definition) is 2. The zero-order valence-corrected chi connectivity index (χ0v) is 20.4. The third-order valence-corrected chi connectivity index (χ3v) is 6.01. The molecule has 0 bridgehead atoms. The highest BCUT2D eigenvalue weighted by Crippen LogP contribution is 2.23. The molecule has 156 valence electrons. The van der Waals surface area contributed by atoms with Crippen molar-refractivity contribution in [3.8, 4) is 0 Å². The van der Waals surface area contributed by atoms with Crippen LogP contribution in [0, 0.1) is 11.8 Å². The molecule has 3 heteroatoms. The van der Waals surface area contributed by atoms with E-state index in [0.717, 1.165) is 31.5 Å². The summed E-state index contributed by atoms with van der Waals surface area (Å²) in [6.45, 7) is 22.2. The largest absolute Gasteiger partial charge is 0.418 e. The van der Waals surface area contributed by atoms with E-state index < -0.39 is 8.32 Å². The first-order valence-corrected chi connectivity index (χ1v) is 14.2. The first kappa shape index (κ1) is 25.9. The van der Waals surface area contributed by atoms with Crippen LogP contribution in [-0.4, -0.2) is 27.1 Å². The van der Waals surface area contributed by atoms with Crippen molar-refractivity contribution in [1.29, 1.82) is 0 Å². The van der Waals surface area contributed by atoms with E-state index in [-0.39, 0.29) is 5.60 Å². The minimum Gasteiger partial charge on any atom is -0.418 e. The van der Waals surface area contributed by atoms with Crippen LogP contribution < -0.4 is 0 Å². The summed E-state index contributed by atoms with van der Waals surface area (Å²) in [4.78, 5) is 0. The van der Waals surface area contributed by atoms with Crippen molar-refractivity contribution in [3.63, 3.8) is 0 Å². The molecular weight excluding hydrogens is 336 g/mol. The van der Waals surface area contributed by atoms with Gasteiger partial charge in [-0.25, -0.2) is 0 Å². The van der Waals surface area contributed by atoms with E-state index in [1.807, 2.05) is 0 Å². The summed E-state index contributed by atoms with van der Waals surface area (Å²) in [7, 11) is -1.35. The molecule has 0 aliphatic carbocycles. The van der Waals surface area contributed by atoms with Crippen LogP contribution in [0.3, 0.4) is 0 Å². The predicted octanol–water partition coefficient (Wildman–Crippen LogP) is 7.60. The highest BCUT2D eigenvalue weighted by Gasteiger charge is 2.19. The summed E-state index contributed by atoms with van der Waals surface area (Å²) in [6.07, 6.45) is 10.9. The van der Waals surface area contributed by atoms with Crippen LogP contribution in [-0.2, 0) is 9.16 Å². The Labute approximate surface area is 166 Å².